The van der Waals surface area contributed by atoms with Crippen LogP contribution in [0.3, 0.4) is 0 Å². The minimum Gasteiger partial charge on any atom is -0.381 e. The molecule has 2 heterocycles. The Kier molecular flexibility index (Phi) is 3.22. The van der Waals surface area contributed by atoms with Crippen molar-refractivity contribution in [2.75, 3.05) is 18.4 Å². The summed E-state index contributed by atoms with van der Waals surface area (Å²) in [6, 6.07) is 4.41. The third-order valence-electron chi connectivity index (χ3n) is 2.46. The van der Waals surface area contributed by atoms with Crippen LogP contribution in [0.2, 0.25) is 5.15 Å². The third-order valence-corrected chi connectivity index (χ3v) is 2.76. The highest BCUT2D eigenvalue weighted by molar-refractivity contribution is 6.31. The van der Waals surface area contributed by atoms with Crippen LogP contribution in [0.1, 0.15) is 12.8 Å². The number of rotatable bonds is 3. The van der Waals surface area contributed by atoms with E-state index in [1.54, 1.807) is 6.20 Å². The van der Waals surface area contributed by atoms with Crippen molar-refractivity contribution >= 4 is 17.3 Å². The molecule has 0 amide bonds. The first-order chi connectivity index (χ1) is 6.86. The number of aromatic nitrogens is 1. The highest BCUT2D eigenvalue weighted by atomic mass is 35.5. The standard InChI is InChI=1S/C10H14ClN3/c11-10-9(4-2-6-13-10)14-7-8-3-1-5-12-8/h2,4,6,8,12,14H,1,3,5,7H2. The third kappa shape index (κ3) is 2.36. The van der Waals surface area contributed by atoms with Crippen LogP contribution in [0.15, 0.2) is 18.3 Å². The Balaban J connectivity index is 1.88. The highest BCUT2D eigenvalue weighted by Gasteiger charge is 2.13. The molecule has 14 heavy (non-hydrogen) atoms. The van der Waals surface area contributed by atoms with Gasteiger partial charge in [0.25, 0.3) is 0 Å². The largest absolute Gasteiger partial charge is 0.381 e. The van der Waals surface area contributed by atoms with E-state index in [1.807, 2.05) is 12.1 Å². The summed E-state index contributed by atoms with van der Waals surface area (Å²) < 4.78 is 0. The summed E-state index contributed by atoms with van der Waals surface area (Å²) in [6.45, 7) is 2.05. The average Bonchev–Trinajstić information content (AvgIpc) is 2.69. The number of hydrogen-bond donors (Lipinski definition) is 2. The van der Waals surface area contributed by atoms with Crippen molar-refractivity contribution < 1.29 is 0 Å². The van der Waals surface area contributed by atoms with Gasteiger partial charge in [0.05, 0.1) is 5.69 Å². The molecule has 1 saturated heterocycles. The van der Waals surface area contributed by atoms with Crippen LogP contribution in [-0.2, 0) is 0 Å². The second kappa shape index (κ2) is 4.62. The maximum Gasteiger partial charge on any atom is 0.152 e. The van der Waals surface area contributed by atoms with Gasteiger partial charge in [-0.15, -0.1) is 0 Å². The number of nitrogens with zero attached hydrogens (tertiary/aromatic N) is 1. The molecule has 1 atom stereocenters. The molecular weight excluding hydrogens is 198 g/mol. The van der Waals surface area contributed by atoms with E-state index in [2.05, 4.69) is 15.6 Å². The molecular formula is C10H14ClN3. The number of nitrogens with one attached hydrogen (secondary N) is 2. The Morgan fingerprint density at radius 3 is 3.29 bits per heavy atom. The molecule has 4 heteroatoms. The van der Waals surface area contributed by atoms with Gasteiger partial charge in [0.1, 0.15) is 0 Å². The predicted molar refractivity (Wildman–Crippen MR) is 58.8 cm³/mol. The molecule has 1 unspecified atom stereocenters. The molecule has 0 spiro atoms. The zero-order valence-electron chi connectivity index (χ0n) is 7.96. The van der Waals surface area contributed by atoms with Crippen LogP contribution >= 0.6 is 11.6 Å². The molecule has 1 aromatic rings. The molecule has 2 N–H and O–H groups in total. The molecule has 1 fully saturated rings. The van der Waals surface area contributed by atoms with Gasteiger partial charge in [-0.05, 0) is 31.5 Å². The normalized spacial score (nSPS) is 21.1. The summed E-state index contributed by atoms with van der Waals surface area (Å²) in [5.74, 6) is 0. The quantitative estimate of drug-likeness (QED) is 0.750. The minimum absolute atomic E-state index is 0.547. The van der Waals surface area contributed by atoms with E-state index in [1.165, 1.54) is 12.8 Å². The number of halogens is 1. The fraction of sp³-hybridized carbons (Fsp3) is 0.500. The Hall–Kier alpha value is -0.800. The van der Waals surface area contributed by atoms with Gasteiger partial charge in [0.2, 0.25) is 0 Å². The summed E-state index contributed by atoms with van der Waals surface area (Å²) in [4.78, 5) is 4.01. The van der Waals surface area contributed by atoms with Gasteiger partial charge in [0.15, 0.2) is 5.15 Å². The van der Waals surface area contributed by atoms with E-state index >= 15 is 0 Å². The van der Waals surface area contributed by atoms with Crippen molar-refractivity contribution in [3.63, 3.8) is 0 Å². The second-order valence-electron chi connectivity index (χ2n) is 3.52. The lowest BCUT2D eigenvalue weighted by Crippen LogP contribution is -2.29. The highest BCUT2D eigenvalue weighted by Crippen LogP contribution is 2.17. The first kappa shape index (κ1) is 9.74. The summed E-state index contributed by atoms with van der Waals surface area (Å²) in [5.41, 5.74) is 0.919. The Labute approximate surface area is 88.9 Å². The first-order valence-electron chi connectivity index (χ1n) is 4.94. The van der Waals surface area contributed by atoms with Crippen LogP contribution in [0.25, 0.3) is 0 Å². The topological polar surface area (TPSA) is 37.0 Å². The van der Waals surface area contributed by atoms with Gasteiger partial charge in [0, 0.05) is 18.8 Å². The van der Waals surface area contributed by atoms with Crippen LogP contribution in [0.5, 0.6) is 0 Å². The fourth-order valence-corrected chi connectivity index (χ4v) is 1.87. The Bertz CT molecular complexity index is 297. The number of hydrogen-bond acceptors (Lipinski definition) is 3. The molecule has 1 aliphatic rings. The lowest BCUT2D eigenvalue weighted by molar-refractivity contribution is 0.633. The molecule has 0 radical (unpaired) electrons. The van der Waals surface area contributed by atoms with Crippen molar-refractivity contribution in [2.45, 2.75) is 18.9 Å². The van der Waals surface area contributed by atoms with Crippen LogP contribution in [-0.4, -0.2) is 24.1 Å². The molecule has 0 bridgehead atoms. The fourth-order valence-electron chi connectivity index (χ4n) is 1.68. The van der Waals surface area contributed by atoms with Crippen molar-refractivity contribution in [1.82, 2.24) is 10.3 Å². The summed E-state index contributed by atoms with van der Waals surface area (Å²) in [6.07, 6.45) is 4.21. The predicted octanol–water partition coefficient (Wildman–Crippen LogP) is 1.90. The first-order valence-corrected chi connectivity index (χ1v) is 5.32. The SMILES string of the molecule is Clc1ncccc1NCC1CCCN1. The average molecular weight is 212 g/mol. The molecule has 76 valence electrons. The van der Waals surface area contributed by atoms with E-state index < -0.39 is 0 Å². The van der Waals surface area contributed by atoms with Gasteiger partial charge in [-0.2, -0.15) is 0 Å². The second-order valence-corrected chi connectivity index (χ2v) is 3.87. The molecule has 0 aliphatic carbocycles. The van der Waals surface area contributed by atoms with E-state index in [4.69, 9.17) is 11.6 Å². The lowest BCUT2D eigenvalue weighted by atomic mass is 10.2. The van der Waals surface area contributed by atoms with Crippen molar-refractivity contribution in [1.29, 1.82) is 0 Å². The Morgan fingerprint density at radius 1 is 1.64 bits per heavy atom. The lowest BCUT2D eigenvalue weighted by Gasteiger charge is -2.12. The maximum atomic E-state index is 5.92. The number of pyridine rings is 1. The van der Waals surface area contributed by atoms with Gasteiger partial charge >= 0.3 is 0 Å². The molecule has 2 rings (SSSR count). The van der Waals surface area contributed by atoms with Gasteiger partial charge < -0.3 is 10.6 Å². The van der Waals surface area contributed by atoms with Gasteiger partial charge in [-0.25, -0.2) is 4.98 Å². The van der Waals surface area contributed by atoms with Crippen molar-refractivity contribution in [2.24, 2.45) is 0 Å². The van der Waals surface area contributed by atoms with E-state index in [-0.39, 0.29) is 0 Å². The van der Waals surface area contributed by atoms with E-state index in [9.17, 15) is 0 Å². The van der Waals surface area contributed by atoms with Crippen molar-refractivity contribution in [3.05, 3.63) is 23.5 Å². The van der Waals surface area contributed by atoms with E-state index in [0.717, 1.165) is 18.8 Å². The van der Waals surface area contributed by atoms with Crippen LogP contribution < -0.4 is 10.6 Å². The molecule has 3 nitrogen and oxygen atoms in total. The molecule has 1 aromatic heterocycles. The van der Waals surface area contributed by atoms with Gasteiger partial charge in [-0.3, -0.25) is 0 Å². The van der Waals surface area contributed by atoms with Crippen LogP contribution in [0, 0.1) is 0 Å². The summed E-state index contributed by atoms with van der Waals surface area (Å²) >= 11 is 5.92. The zero-order valence-corrected chi connectivity index (χ0v) is 8.72. The Morgan fingerprint density at radius 2 is 2.57 bits per heavy atom. The van der Waals surface area contributed by atoms with Crippen molar-refractivity contribution in [3.8, 4) is 0 Å². The monoisotopic (exact) mass is 211 g/mol. The maximum absolute atomic E-state index is 5.92. The zero-order chi connectivity index (χ0) is 9.80. The smallest absolute Gasteiger partial charge is 0.152 e. The molecule has 0 saturated carbocycles. The van der Waals surface area contributed by atoms with Crippen LogP contribution in [0.4, 0.5) is 5.69 Å². The minimum atomic E-state index is 0.547. The summed E-state index contributed by atoms with van der Waals surface area (Å²) in [5, 5.41) is 7.26. The molecule has 1 aliphatic heterocycles. The molecule has 0 aromatic carbocycles. The van der Waals surface area contributed by atoms with Gasteiger partial charge in [-0.1, -0.05) is 11.6 Å². The summed E-state index contributed by atoms with van der Waals surface area (Å²) in [7, 11) is 0. The van der Waals surface area contributed by atoms with E-state index in [0.29, 0.717) is 11.2 Å². The number of anilines is 1.